The van der Waals surface area contributed by atoms with E-state index >= 15 is 0 Å². The summed E-state index contributed by atoms with van der Waals surface area (Å²) in [6.07, 6.45) is 4.42. The topological polar surface area (TPSA) is 245 Å². The molecule has 386 valence electrons. The molecule has 3 aliphatic rings. The number of aromatic hydroxyl groups is 2. The third kappa shape index (κ3) is 8.83. The smallest absolute Gasteiger partial charge is 0.415 e. The van der Waals surface area contributed by atoms with Crippen LogP contribution >= 0.6 is 0 Å². The quantitative estimate of drug-likeness (QED) is 0.0806. The molecule has 7 heterocycles. The van der Waals surface area contributed by atoms with Gasteiger partial charge in [-0.15, -0.1) is 10.2 Å². The normalized spacial score (nSPS) is 16.1. The Kier molecular flexibility index (Phi) is 13.1. The molecule has 0 radical (unpaired) electrons. The van der Waals surface area contributed by atoms with Crippen molar-refractivity contribution in [2.45, 2.75) is 91.0 Å². The van der Waals surface area contributed by atoms with Gasteiger partial charge in [0.05, 0.1) is 40.1 Å². The number of rotatable bonds is 12. The Balaban J connectivity index is 0.769. The van der Waals surface area contributed by atoms with Gasteiger partial charge < -0.3 is 44.5 Å². The minimum atomic E-state index is -1.93. The number of cyclic esters (lactones) is 1. The predicted molar refractivity (Wildman–Crippen MR) is 271 cm³/mol. The highest BCUT2D eigenvalue weighted by molar-refractivity contribution is 5.94. The molecule has 3 aromatic carbocycles. The van der Waals surface area contributed by atoms with E-state index in [9.17, 15) is 39.3 Å². The molecule has 4 aromatic heterocycles. The number of hydrogen-bond acceptors (Lipinski definition) is 14. The number of phenols is 2. The first-order valence-electron chi connectivity index (χ1n) is 25.0. The zero-order valence-corrected chi connectivity index (χ0v) is 42.3. The number of aryl methyl sites for hydroxylation is 1. The second kappa shape index (κ2) is 19.7. The van der Waals surface area contributed by atoms with E-state index in [0.717, 1.165) is 16.5 Å². The highest BCUT2D eigenvalue weighted by atomic mass is 16.7. The van der Waals surface area contributed by atoms with Gasteiger partial charge in [-0.25, -0.2) is 19.4 Å². The molecule has 0 aliphatic carbocycles. The first kappa shape index (κ1) is 49.9. The monoisotopic (exact) mass is 1020 g/mol. The average molecular weight is 1020 g/mol. The van der Waals surface area contributed by atoms with Gasteiger partial charge in [0.2, 0.25) is 24.0 Å². The van der Waals surface area contributed by atoms with E-state index in [-0.39, 0.29) is 82.8 Å². The number of benzene rings is 3. The van der Waals surface area contributed by atoms with Gasteiger partial charge in [-0.2, -0.15) is 0 Å². The van der Waals surface area contributed by atoms with Crippen molar-refractivity contribution < 1.29 is 53.5 Å². The molecular formula is C55H56N9O11+. The van der Waals surface area contributed by atoms with E-state index in [2.05, 4.69) is 15.5 Å². The fraction of sp³-hybridized carbons (Fsp3) is 0.327. The van der Waals surface area contributed by atoms with Crippen LogP contribution in [0.25, 0.3) is 39.4 Å². The first-order valence-corrected chi connectivity index (χ1v) is 25.0. The van der Waals surface area contributed by atoms with Crippen molar-refractivity contribution >= 4 is 34.8 Å². The lowest BCUT2D eigenvalue weighted by atomic mass is 9.86. The van der Waals surface area contributed by atoms with Crippen LogP contribution in [0.5, 0.6) is 23.0 Å². The highest BCUT2D eigenvalue weighted by Gasteiger charge is 2.45. The molecule has 1 saturated heterocycles. The second-order valence-electron chi connectivity index (χ2n) is 19.2. The number of esters is 1. The van der Waals surface area contributed by atoms with Crippen molar-refractivity contribution in [3.05, 3.63) is 135 Å². The molecule has 75 heavy (non-hydrogen) atoms. The number of likely N-dealkylation sites (tertiary alicyclic amines) is 1. The van der Waals surface area contributed by atoms with Crippen LogP contribution in [0.2, 0.25) is 0 Å². The zero-order valence-electron chi connectivity index (χ0n) is 42.3. The van der Waals surface area contributed by atoms with Crippen LogP contribution in [-0.4, -0.2) is 106 Å². The standard InChI is InChI=1S/C55H55N9O11/c1-7-36-38-24-35(14-15-43(38)57-47-40(36)28-63-44(47)26-42-41(52(63)69)29-73-53(70)55(42,72)8-2)74-54(71)60(6)32-18-20-61(21-19-32)51(68)31-16-22-62(23-17-31)75-34-12-10-33(11-13-34)64-48(58-59-49(64)50(67)56-9-3)39-25-37(30(4)5)45(65)27-46(39)66/h10-17,22-27,30,32,72H,7-9,18-21,28-29H2,1-6H3,(H2-,56,58,65,66,67)/p+1. The number of carbonyl (C=O) groups excluding carboxylic acids is 4. The summed E-state index contributed by atoms with van der Waals surface area (Å²) in [7, 11) is 1.69. The van der Waals surface area contributed by atoms with Crippen molar-refractivity contribution in [1.29, 1.82) is 0 Å². The SMILES string of the molecule is CCNC(=O)c1nnc(-c2cc(C(C)C)c(O)cc2O)n1-c1ccc(O[n+]2ccc(C(=O)N3CCC(N(C)C(=O)Oc4ccc5nc6c(c(CC)c5c4)Cn4c-6cc5c(c4=O)COC(=O)C5(O)CC)CC3)cc2)cc1. The molecule has 0 spiro atoms. The number of aromatic nitrogens is 6. The minimum Gasteiger partial charge on any atom is -0.508 e. The van der Waals surface area contributed by atoms with Crippen LogP contribution in [0, 0.1) is 0 Å². The molecule has 20 nitrogen and oxygen atoms in total. The van der Waals surface area contributed by atoms with Crippen molar-refractivity contribution in [2.75, 3.05) is 26.7 Å². The number of ether oxygens (including phenoxy) is 2. The summed E-state index contributed by atoms with van der Waals surface area (Å²) in [6, 6.07) is 19.8. The van der Waals surface area contributed by atoms with Gasteiger partial charge in [-0.05, 0) is 104 Å². The molecule has 0 bridgehead atoms. The first-order chi connectivity index (χ1) is 36.0. The third-order valence-corrected chi connectivity index (χ3v) is 14.5. The Morgan fingerprint density at radius 3 is 2.32 bits per heavy atom. The van der Waals surface area contributed by atoms with Gasteiger partial charge in [-0.1, -0.05) is 27.7 Å². The molecule has 4 N–H and O–H groups in total. The lowest BCUT2D eigenvalue weighted by molar-refractivity contribution is -0.875. The summed E-state index contributed by atoms with van der Waals surface area (Å²) < 4.78 is 15.7. The van der Waals surface area contributed by atoms with Crippen LogP contribution in [0.3, 0.4) is 0 Å². The Hall–Kier alpha value is -8.65. The van der Waals surface area contributed by atoms with Crippen molar-refractivity contribution in [3.63, 3.8) is 0 Å². The van der Waals surface area contributed by atoms with E-state index in [1.807, 2.05) is 20.8 Å². The van der Waals surface area contributed by atoms with Gasteiger partial charge in [-0.3, -0.25) is 19.0 Å². The number of piperidine rings is 1. The number of hydrogen-bond donors (Lipinski definition) is 4. The lowest BCUT2D eigenvalue weighted by Crippen LogP contribution is -2.48. The van der Waals surface area contributed by atoms with Gasteiger partial charge in [0.25, 0.3) is 17.4 Å². The summed E-state index contributed by atoms with van der Waals surface area (Å²) in [5, 5.41) is 44.6. The molecule has 10 rings (SSSR count). The molecule has 3 amide bonds. The number of fused-ring (bicyclic) bond motifs is 5. The van der Waals surface area contributed by atoms with Gasteiger partial charge >= 0.3 is 12.1 Å². The number of nitrogens with one attached hydrogen (secondary N) is 1. The fourth-order valence-electron chi connectivity index (χ4n) is 10.3. The Bertz CT molecular complexity index is 3510. The average Bonchev–Trinajstić information content (AvgIpc) is 4.04. The summed E-state index contributed by atoms with van der Waals surface area (Å²) in [4.78, 5) is 81.2. The van der Waals surface area contributed by atoms with E-state index in [4.69, 9.17) is 19.3 Å². The molecule has 1 atom stereocenters. The number of pyridine rings is 3. The molecule has 1 fully saturated rings. The summed E-state index contributed by atoms with van der Waals surface area (Å²) in [5.41, 5.74) is 3.62. The fourth-order valence-corrected chi connectivity index (χ4v) is 10.3. The van der Waals surface area contributed by atoms with Crippen LogP contribution in [0.15, 0.2) is 90.0 Å². The van der Waals surface area contributed by atoms with E-state index < -0.39 is 23.6 Å². The number of amides is 3. The predicted octanol–water partition coefficient (Wildman–Crippen LogP) is 6.04. The highest BCUT2D eigenvalue weighted by Crippen LogP contribution is 2.42. The summed E-state index contributed by atoms with van der Waals surface area (Å²) >= 11 is 0. The zero-order chi connectivity index (χ0) is 53.0. The lowest BCUT2D eigenvalue weighted by Gasteiger charge is -2.36. The van der Waals surface area contributed by atoms with Crippen LogP contribution < -0.4 is 25.2 Å². The summed E-state index contributed by atoms with van der Waals surface area (Å²) in [6.45, 7) is 10.5. The maximum absolute atomic E-state index is 13.8. The number of phenolic OH excluding ortho intramolecular Hbond substituents is 2. The molecule has 7 aromatic rings. The van der Waals surface area contributed by atoms with Crippen molar-refractivity contribution in [2.24, 2.45) is 0 Å². The maximum atomic E-state index is 13.8. The van der Waals surface area contributed by atoms with Crippen LogP contribution in [-0.2, 0) is 34.7 Å². The number of carbonyl (C=O) groups is 4. The molecule has 1 unspecified atom stereocenters. The largest absolute Gasteiger partial charge is 0.508 e. The van der Waals surface area contributed by atoms with Crippen LogP contribution in [0.1, 0.15) is 109 Å². The van der Waals surface area contributed by atoms with E-state index in [1.54, 1.807) is 114 Å². The van der Waals surface area contributed by atoms with Gasteiger partial charge in [0, 0.05) is 77.9 Å². The Morgan fingerprint density at radius 1 is 0.920 bits per heavy atom. The second-order valence-corrected chi connectivity index (χ2v) is 19.2. The van der Waals surface area contributed by atoms with Crippen molar-refractivity contribution in [1.82, 2.24) is 39.4 Å². The maximum Gasteiger partial charge on any atom is 0.415 e. The van der Waals surface area contributed by atoms with Gasteiger partial charge in [0.15, 0.2) is 11.4 Å². The number of aliphatic hydroxyl groups is 1. The van der Waals surface area contributed by atoms with E-state index in [1.165, 1.54) is 15.4 Å². The number of nitrogens with zero attached hydrogens (tertiary/aromatic N) is 8. The Labute approximate surface area is 430 Å². The molecule has 0 saturated carbocycles. The van der Waals surface area contributed by atoms with E-state index in [0.29, 0.717) is 84.1 Å². The summed E-state index contributed by atoms with van der Waals surface area (Å²) in [5.74, 6) is -0.787. The van der Waals surface area contributed by atoms with Crippen LogP contribution in [0.4, 0.5) is 4.79 Å². The molecular weight excluding hydrogens is 963 g/mol. The van der Waals surface area contributed by atoms with Crippen molar-refractivity contribution in [3.8, 4) is 51.5 Å². The third-order valence-electron chi connectivity index (χ3n) is 14.5. The molecule has 20 heteroatoms. The minimum absolute atomic E-state index is 0.00159. The molecule has 3 aliphatic heterocycles. The Morgan fingerprint density at radius 2 is 1.64 bits per heavy atom. The van der Waals surface area contributed by atoms with Gasteiger partial charge in [0.1, 0.15) is 23.9 Å².